The Labute approximate surface area is 170 Å². The predicted octanol–water partition coefficient (Wildman–Crippen LogP) is 3.00. The molecule has 1 aromatic heterocycles. The molecule has 0 aliphatic carbocycles. The molecular formula is C22H38N4O2. The Balaban J connectivity index is 1.55. The van der Waals surface area contributed by atoms with Gasteiger partial charge in [-0.25, -0.2) is 0 Å². The highest BCUT2D eigenvalue weighted by Gasteiger charge is 2.26. The molecule has 0 radical (unpaired) electrons. The number of aliphatic imine (C=N–C) groups is 1. The zero-order chi connectivity index (χ0) is 19.6. The zero-order valence-electron chi connectivity index (χ0n) is 17.7. The van der Waals surface area contributed by atoms with Crippen LogP contribution < -0.4 is 5.32 Å². The van der Waals surface area contributed by atoms with Gasteiger partial charge in [0, 0.05) is 39.2 Å². The van der Waals surface area contributed by atoms with Gasteiger partial charge in [0.2, 0.25) is 0 Å². The van der Waals surface area contributed by atoms with Gasteiger partial charge in [-0.2, -0.15) is 0 Å². The summed E-state index contributed by atoms with van der Waals surface area (Å²) in [5, 5.41) is 3.59. The van der Waals surface area contributed by atoms with E-state index in [1.165, 1.54) is 25.8 Å². The molecule has 158 valence electrons. The molecule has 6 nitrogen and oxygen atoms in total. The van der Waals surface area contributed by atoms with E-state index in [1.54, 1.807) is 6.26 Å². The van der Waals surface area contributed by atoms with Gasteiger partial charge >= 0.3 is 0 Å². The SMILES string of the molecule is CCN(CC)CC1CCN(C(=NCC2CCCCO2)NCCc2ccco2)C1. The van der Waals surface area contributed by atoms with Gasteiger partial charge in [0.1, 0.15) is 5.76 Å². The first-order valence-electron chi connectivity index (χ1n) is 11.2. The lowest BCUT2D eigenvalue weighted by molar-refractivity contribution is 0.0223. The van der Waals surface area contributed by atoms with E-state index < -0.39 is 0 Å². The smallest absolute Gasteiger partial charge is 0.194 e. The third kappa shape index (κ3) is 6.52. The van der Waals surface area contributed by atoms with Crippen LogP contribution in [0.2, 0.25) is 0 Å². The van der Waals surface area contributed by atoms with Crippen molar-refractivity contribution in [2.45, 2.75) is 52.1 Å². The molecule has 0 aromatic carbocycles. The molecule has 6 heteroatoms. The minimum absolute atomic E-state index is 0.282. The van der Waals surface area contributed by atoms with Crippen LogP contribution in [0.25, 0.3) is 0 Å². The largest absolute Gasteiger partial charge is 0.469 e. The van der Waals surface area contributed by atoms with Gasteiger partial charge in [0.15, 0.2) is 5.96 Å². The van der Waals surface area contributed by atoms with Crippen LogP contribution in [0.5, 0.6) is 0 Å². The molecule has 28 heavy (non-hydrogen) atoms. The van der Waals surface area contributed by atoms with Gasteiger partial charge in [-0.3, -0.25) is 4.99 Å². The van der Waals surface area contributed by atoms with Crippen molar-refractivity contribution in [1.82, 2.24) is 15.1 Å². The number of nitrogens with one attached hydrogen (secondary N) is 1. The summed E-state index contributed by atoms with van der Waals surface area (Å²) in [6.45, 7) is 12.6. The van der Waals surface area contributed by atoms with E-state index in [-0.39, 0.29) is 6.10 Å². The van der Waals surface area contributed by atoms with Crippen LogP contribution in [0, 0.1) is 5.92 Å². The highest BCUT2D eigenvalue weighted by molar-refractivity contribution is 5.80. The van der Waals surface area contributed by atoms with E-state index in [0.717, 1.165) is 76.4 Å². The lowest BCUT2D eigenvalue weighted by Crippen LogP contribution is -2.42. The molecule has 1 N–H and O–H groups in total. The summed E-state index contributed by atoms with van der Waals surface area (Å²) < 4.78 is 11.3. The second-order valence-corrected chi connectivity index (χ2v) is 8.00. The zero-order valence-corrected chi connectivity index (χ0v) is 17.7. The summed E-state index contributed by atoms with van der Waals surface area (Å²) >= 11 is 0. The summed E-state index contributed by atoms with van der Waals surface area (Å²) in [4.78, 5) is 9.94. The lowest BCUT2D eigenvalue weighted by Gasteiger charge is -2.26. The Bertz CT molecular complexity index is 565. The van der Waals surface area contributed by atoms with E-state index in [0.29, 0.717) is 0 Å². The van der Waals surface area contributed by atoms with Gasteiger partial charge in [-0.1, -0.05) is 13.8 Å². The van der Waals surface area contributed by atoms with E-state index in [1.807, 2.05) is 12.1 Å². The van der Waals surface area contributed by atoms with Gasteiger partial charge in [0.25, 0.3) is 0 Å². The topological polar surface area (TPSA) is 53.2 Å². The average molecular weight is 391 g/mol. The molecular weight excluding hydrogens is 352 g/mol. The molecule has 2 atom stereocenters. The van der Waals surface area contributed by atoms with E-state index >= 15 is 0 Å². The fourth-order valence-corrected chi connectivity index (χ4v) is 4.18. The van der Waals surface area contributed by atoms with Crippen molar-refractivity contribution in [2.75, 3.05) is 52.4 Å². The molecule has 2 unspecified atom stereocenters. The first-order valence-corrected chi connectivity index (χ1v) is 11.2. The molecule has 0 spiro atoms. The molecule has 3 heterocycles. The summed E-state index contributed by atoms with van der Waals surface area (Å²) in [6.07, 6.45) is 7.73. The van der Waals surface area contributed by atoms with E-state index in [9.17, 15) is 0 Å². The first kappa shape index (κ1) is 21.2. The maximum atomic E-state index is 5.88. The quantitative estimate of drug-likeness (QED) is 0.519. The minimum Gasteiger partial charge on any atom is -0.469 e. The maximum absolute atomic E-state index is 5.88. The fraction of sp³-hybridized carbons (Fsp3) is 0.773. The average Bonchev–Trinajstić information content (AvgIpc) is 3.41. The molecule has 3 rings (SSSR count). The maximum Gasteiger partial charge on any atom is 0.194 e. The van der Waals surface area contributed by atoms with Crippen LogP contribution >= 0.6 is 0 Å². The molecule has 2 saturated heterocycles. The van der Waals surface area contributed by atoms with Crippen LogP contribution in [0.15, 0.2) is 27.8 Å². The van der Waals surface area contributed by atoms with Gasteiger partial charge in [-0.15, -0.1) is 0 Å². The van der Waals surface area contributed by atoms with Crippen LogP contribution in [-0.4, -0.2) is 74.3 Å². The molecule has 1 aromatic rings. The standard InChI is InChI=1S/C22H38N4O2/c1-3-25(4-2)17-19-11-13-26(18-19)22(23-12-10-20-9-7-15-27-20)24-16-21-8-5-6-14-28-21/h7,9,15,19,21H,3-6,8,10-14,16-18H2,1-2H3,(H,23,24). The third-order valence-electron chi connectivity index (χ3n) is 5.95. The van der Waals surface area contributed by atoms with Crippen molar-refractivity contribution < 1.29 is 9.15 Å². The Kier molecular flexibility index (Phi) is 8.68. The van der Waals surface area contributed by atoms with Crippen molar-refractivity contribution in [3.05, 3.63) is 24.2 Å². The molecule has 0 amide bonds. The second-order valence-electron chi connectivity index (χ2n) is 8.00. The highest BCUT2D eigenvalue weighted by atomic mass is 16.5. The van der Waals surface area contributed by atoms with Gasteiger partial charge in [-0.05, 0) is 56.8 Å². The normalized spacial score (nSPS) is 23.5. The molecule has 2 fully saturated rings. The number of nitrogens with zero attached hydrogens (tertiary/aromatic N) is 3. The minimum atomic E-state index is 0.282. The molecule has 0 saturated carbocycles. The second kappa shape index (κ2) is 11.5. The van der Waals surface area contributed by atoms with E-state index in [2.05, 4.69) is 29.0 Å². The van der Waals surface area contributed by atoms with Crippen molar-refractivity contribution in [3.63, 3.8) is 0 Å². The number of hydrogen-bond donors (Lipinski definition) is 1. The first-order chi connectivity index (χ1) is 13.8. The lowest BCUT2D eigenvalue weighted by atomic mass is 10.1. The number of likely N-dealkylation sites (tertiary alicyclic amines) is 1. The summed E-state index contributed by atoms with van der Waals surface area (Å²) in [7, 11) is 0. The number of furan rings is 1. The van der Waals surface area contributed by atoms with Crippen molar-refractivity contribution in [2.24, 2.45) is 10.9 Å². The van der Waals surface area contributed by atoms with Crippen molar-refractivity contribution in [1.29, 1.82) is 0 Å². The van der Waals surface area contributed by atoms with Crippen LogP contribution in [-0.2, 0) is 11.2 Å². The van der Waals surface area contributed by atoms with Crippen molar-refractivity contribution >= 4 is 5.96 Å². The number of rotatable bonds is 9. The van der Waals surface area contributed by atoms with Crippen molar-refractivity contribution in [3.8, 4) is 0 Å². The highest BCUT2D eigenvalue weighted by Crippen LogP contribution is 2.18. The molecule has 2 aliphatic rings. The van der Waals surface area contributed by atoms with Gasteiger partial charge in [0.05, 0.1) is 18.9 Å². The van der Waals surface area contributed by atoms with Crippen LogP contribution in [0.3, 0.4) is 0 Å². The third-order valence-corrected chi connectivity index (χ3v) is 5.95. The number of hydrogen-bond acceptors (Lipinski definition) is 4. The molecule has 2 aliphatic heterocycles. The summed E-state index contributed by atoms with van der Waals surface area (Å²) in [6, 6.07) is 3.98. The van der Waals surface area contributed by atoms with Crippen LogP contribution in [0.1, 0.15) is 45.3 Å². The Morgan fingerprint density at radius 1 is 1.29 bits per heavy atom. The Hall–Kier alpha value is -1.53. The Morgan fingerprint density at radius 3 is 2.89 bits per heavy atom. The monoisotopic (exact) mass is 390 g/mol. The summed E-state index contributed by atoms with van der Waals surface area (Å²) in [5.41, 5.74) is 0. The number of ether oxygens (including phenoxy) is 1. The number of guanidine groups is 1. The molecule has 0 bridgehead atoms. The van der Waals surface area contributed by atoms with E-state index in [4.69, 9.17) is 14.1 Å². The van der Waals surface area contributed by atoms with Gasteiger partial charge < -0.3 is 24.3 Å². The predicted molar refractivity (Wildman–Crippen MR) is 114 cm³/mol. The fourth-order valence-electron chi connectivity index (χ4n) is 4.18. The summed E-state index contributed by atoms with van der Waals surface area (Å²) in [5.74, 6) is 2.79. The Morgan fingerprint density at radius 2 is 2.18 bits per heavy atom. The van der Waals surface area contributed by atoms with Crippen LogP contribution in [0.4, 0.5) is 0 Å².